The smallest absolute Gasteiger partial charge is 0.220 e. The van der Waals surface area contributed by atoms with Crippen LogP contribution in [0, 0.1) is 0 Å². The molecule has 0 aliphatic carbocycles. The van der Waals surface area contributed by atoms with Crippen LogP contribution < -0.4 is 11.1 Å². The van der Waals surface area contributed by atoms with Gasteiger partial charge >= 0.3 is 0 Å². The predicted molar refractivity (Wildman–Crippen MR) is 70.6 cm³/mol. The van der Waals surface area contributed by atoms with Crippen LogP contribution in [0.1, 0.15) is 46.5 Å². The second-order valence-electron chi connectivity index (χ2n) is 4.41. The van der Waals surface area contributed by atoms with E-state index in [1.165, 1.54) is 0 Å². The SMILES string of the molecule is CCC(CC)(NC(=O)CCC(C)OC)C(N)=NO. The van der Waals surface area contributed by atoms with Crippen molar-refractivity contribution in [2.45, 2.75) is 58.1 Å². The zero-order valence-corrected chi connectivity index (χ0v) is 11.7. The Balaban J connectivity index is 4.56. The van der Waals surface area contributed by atoms with Crippen LogP contribution in [0.4, 0.5) is 0 Å². The number of amides is 1. The summed E-state index contributed by atoms with van der Waals surface area (Å²) < 4.78 is 5.08. The Bertz CT molecular complexity index is 288. The van der Waals surface area contributed by atoms with Crippen LogP contribution in [0.25, 0.3) is 0 Å². The molecule has 0 fully saturated rings. The largest absolute Gasteiger partial charge is 0.409 e. The quantitative estimate of drug-likeness (QED) is 0.264. The topological polar surface area (TPSA) is 96.9 Å². The van der Waals surface area contributed by atoms with Crippen molar-refractivity contribution >= 4 is 11.7 Å². The molecule has 18 heavy (non-hydrogen) atoms. The third-order valence-electron chi connectivity index (χ3n) is 3.36. The molecule has 0 heterocycles. The van der Waals surface area contributed by atoms with Crippen LogP contribution >= 0.6 is 0 Å². The second kappa shape index (κ2) is 7.92. The van der Waals surface area contributed by atoms with Crippen LogP contribution in [-0.2, 0) is 9.53 Å². The molecule has 0 aromatic rings. The van der Waals surface area contributed by atoms with Gasteiger partial charge in [-0.15, -0.1) is 0 Å². The lowest BCUT2D eigenvalue weighted by Gasteiger charge is -2.31. The summed E-state index contributed by atoms with van der Waals surface area (Å²) in [5.41, 5.74) is 4.90. The Hall–Kier alpha value is -1.30. The third kappa shape index (κ3) is 4.52. The molecule has 1 atom stereocenters. The zero-order valence-electron chi connectivity index (χ0n) is 11.7. The number of nitrogens with zero attached hydrogens (tertiary/aromatic N) is 1. The monoisotopic (exact) mass is 259 g/mol. The summed E-state index contributed by atoms with van der Waals surface area (Å²) in [6.07, 6.45) is 2.19. The molecule has 0 aliphatic heterocycles. The molecule has 1 unspecified atom stereocenters. The summed E-state index contributed by atoms with van der Waals surface area (Å²) in [7, 11) is 1.61. The first-order valence-corrected chi connectivity index (χ1v) is 6.27. The molecular weight excluding hydrogens is 234 g/mol. The second-order valence-corrected chi connectivity index (χ2v) is 4.41. The van der Waals surface area contributed by atoms with Crippen molar-refractivity contribution in [3.05, 3.63) is 0 Å². The third-order valence-corrected chi connectivity index (χ3v) is 3.36. The fourth-order valence-electron chi connectivity index (χ4n) is 1.73. The van der Waals surface area contributed by atoms with Gasteiger partial charge < -0.3 is 21.0 Å². The van der Waals surface area contributed by atoms with Gasteiger partial charge in [0, 0.05) is 13.5 Å². The van der Waals surface area contributed by atoms with Crippen molar-refractivity contribution in [2.75, 3.05) is 7.11 Å². The summed E-state index contributed by atoms with van der Waals surface area (Å²) in [6.45, 7) is 5.68. The van der Waals surface area contributed by atoms with Crippen molar-refractivity contribution in [3.8, 4) is 0 Å². The van der Waals surface area contributed by atoms with Gasteiger partial charge in [0.25, 0.3) is 0 Å². The van der Waals surface area contributed by atoms with Gasteiger partial charge in [0.2, 0.25) is 5.91 Å². The van der Waals surface area contributed by atoms with E-state index >= 15 is 0 Å². The van der Waals surface area contributed by atoms with E-state index in [-0.39, 0.29) is 17.8 Å². The minimum Gasteiger partial charge on any atom is -0.409 e. The van der Waals surface area contributed by atoms with E-state index in [2.05, 4.69) is 10.5 Å². The molecular formula is C12H25N3O3. The highest BCUT2D eigenvalue weighted by atomic mass is 16.5. The van der Waals surface area contributed by atoms with Gasteiger partial charge in [-0.25, -0.2) is 0 Å². The number of rotatable bonds is 8. The molecule has 0 saturated heterocycles. The van der Waals surface area contributed by atoms with Crippen LogP contribution in [0.15, 0.2) is 5.16 Å². The average Bonchev–Trinajstić information content (AvgIpc) is 2.41. The van der Waals surface area contributed by atoms with Crippen LogP contribution in [0.3, 0.4) is 0 Å². The summed E-state index contributed by atoms with van der Waals surface area (Å²) in [6, 6.07) is 0. The molecule has 1 amide bonds. The molecule has 0 radical (unpaired) electrons. The fraction of sp³-hybridized carbons (Fsp3) is 0.833. The van der Waals surface area contributed by atoms with E-state index < -0.39 is 5.54 Å². The average molecular weight is 259 g/mol. The molecule has 0 aliphatic rings. The number of methoxy groups -OCH3 is 1. The van der Waals surface area contributed by atoms with Gasteiger partial charge in [0.1, 0.15) is 5.54 Å². The highest BCUT2D eigenvalue weighted by Crippen LogP contribution is 2.16. The molecule has 0 aromatic heterocycles. The zero-order chi connectivity index (χ0) is 14.2. The number of nitrogens with two attached hydrogens (primary N) is 1. The van der Waals surface area contributed by atoms with Gasteiger partial charge in [0.05, 0.1) is 6.10 Å². The van der Waals surface area contributed by atoms with E-state index in [0.717, 1.165) is 0 Å². The maximum Gasteiger partial charge on any atom is 0.220 e. The lowest BCUT2D eigenvalue weighted by atomic mass is 9.91. The number of hydrogen-bond donors (Lipinski definition) is 3. The Labute approximate surface area is 109 Å². The highest BCUT2D eigenvalue weighted by molar-refractivity contribution is 5.93. The summed E-state index contributed by atoms with van der Waals surface area (Å²) in [4.78, 5) is 11.9. The number of oxime groups is 1. The van der Waals surface area contributed by atoms with Crippen LogP contribution in [0.5, 0.6) is 0 Å². The minimum absolute atomic E-state index is 0.0391. The fourth-order valence-corrected chi connectivity index (χ4v) is 1.73. The van der Waals surface area contributed by atoms with Gasteiger partial charge in [-0.2, -0.15) is 0 Å². The molecule has 0 spiro atoms. The first-order valence-electron chi connectivity index (χ1n) is 6.27. The predicted octanol–water partition coefficient (Wildman–Crippen LogP) is 1.22. The van der Waals surface area contributed by atoms with E-state index in [9.17, 15) is 4.79 Å². The Morgan fingerprint density at radius 1 is 1.50 bits per heavy atom. The van der Waals surface area contributed by atoms with E-state index in [4.69, 9.17) is 15.7 Å². The molecule has 0 aromatic carbocycles. The number of carbonyl (C=O) groups is 1. The van der Waals surface area contributed by atoms with Crippen LogP contribution in [-0.4, -0.2) is 35.7 Å². The number of amidine groups is 1. The van der Waals surface area contributed by atoms with Crippen LogP contribution in [0.2, 0.25) is 0 Å². The Morgan fingerprint density at radius 2 is 2.06 bits per heavy atom. The number of nitrogens with one attached hydrogen (secondary N) is 1. The van der Waals surface area contributed by atoms with Gasteiger partial charge in [0.15, 0.2) is 5.84 Å². The minimum atomic E-state index is -0.762. The van der Waals surface area contributed by atoms with Crippen molar-refractivity contribution in [1.29, 1.82) is 0 Å². The van der Waals surface area contributed by atoms with E-state index in [0.29, 0.717) is 25.7 Å². The summed E-state index contributed by atoms with van der Waals surface area (Å²) >= 11 is 0. The number of ether oxygens (including phenoxy) is 1. The number of hydrogen-bond acceptors (Lipinski definition) is 4. The molecule has 0 rings (SSSR count). The summed E-state index contributed by atoms with van der Waals surface area (Å²) in [5, 5.41) is 14.7. The van der Waals surface area contributed by atoms with E-state index in [1.54, 1.807) is 7.11 Å². The first-order chi connectivity index (χ1) is 8.45. The maximum absolute atomic E-state index is 11.9. The summed E-state index contributed by atoms with van der Waals surface area (Å²) in [5.74, 6) is -0.0742. The molecule has 106 valence electrons. The molecule has 0 bridgehead atoms. The standard InChI is InChI=1S/C12H25N3O3/c1-5-12(6-2,11(13)15-17)14-10(16)8-7-9(3)18-4/h9,17H,5-8H2,1-4H3,(H2,13,15)(H,14,16). The van der Waals surface area contributed by atoms with Crippen molar-refractivity contribution in [1.82, 2.24) is 5.32 Å². The van der Waals surface area contributed by atoms with Crippen molar-refractivity contribution in [2.24, 2.45) is 10.9 Å². The lowest BCUT2D eigenvalue weighted by molar-refractivity contribution is -0.123. The molecule has 6 heteroatoms. The van der Waals surface area contributed by atoms with Gasteiger partial charge in [-0.3, -0.25) is 4.79 Å². The maximum atomic E-state index is 11.9. The van der Waals surface area contributed by atoms with Gasteiger partial charge in [-0.1, -0.05) is 19.0 Å². The highest BCUT2D eigenvalue weighted by Gasteiger charge is 2.33. The first kappa shape index (κ1) is 16.7. The Kier molecular flexibility index (Phi) is 7.35. The van der Waals surface area contributed by atoms with Crippen molar-refractivity contribution in [3.63, 3.8) is 0 Å². The van der Waals surface area contributed by atoms with E-state index in [1.807, 2.05) is 20.8 Å². The number of carbonyl (C=O) groups excluding carboxylic acids is 1. The van der Waals surface area contributed by atoms with Gasteiger partial charge in [-0.05, 0) is 26.2 Å². The Morgan fingerprint density at radius 3 is 2.44 bits per heavy atom. The molecule has 0 saturated carbocycles. The lowest BCUT2D eigenvalue weighted by Crippen LogP contribution is -2.56. The molecule has 4 N–H and O–H groups in total. The van der Waals surface area contributed by atoms with Crippen molar-refractivity contribution < 1.29 is 14.7 Å². The normalized spacial score (nSPS) is 14.3. The molecule has 6 nitrogen and oxygen atoms in total.